The summed E-state index contributed by atoms with van der Waals surface area (Å²) in [6, 6.07) is 10.6. The molecule has 144 valence electrons. The second-order valence-electron chi connectivity index (χ2n) is 5.96. The van der Waals surface area contributed by atoms with Crippen LogP contribution in [0.25, 0.3) is 0 Å². The quantitative estimate of drug-likeness (QED) is 0.540. The van der Waals surface area contributed by atoms with E-state index in [0.717, 1.165) is 41.1 Å². The smallest absolute Gasteiger partial charge is 0.316 e. The van der Waals surface area contributed by atoms with Gasteiger partial charge in [0.2, 0.25) is 0 Å². The van der Waals surface area contributed by atoms with Crippen molar-refractivity contribution in [2.45, 2.75) is 31.2 Å². The lowest BCUT2D eigenvalue weighted by Crippen LogP contribution is -2.32. The zero-order chi connectivity index (χ0) is 19.8. The number of rotatable bonds is 8. The fourth-order valence-corrected chi connectivity index (χ4v) is 3.13. The number of amides is 1. The predicted octanol–water partition coefficient (Wildman–Crippen LogP) is 4.18. The maximum atomic E-state index is 13.5. The van der Waals surface area contributed by atoms with E-state index in [1.807, 2.05) is 38.1 Å². The Kier molecular flexibility index (Phi) is 7.79. The standard InChI is InChI=1S/C20H21F2NO3S/c1-3-17(14-6-4-13(2)5-7-14)23-19(24)11-26-20(25)12-27-18-10-15(21)8-9-16(18)22/h4-10,17H,3,11-12H2,1-2H3,(H,23,24)/t17-/m1/s1. The molecule has 0 saturated heterocycles. The maximum Gasteiger partial charge on any atom is 0.316 e. The summed E-state index contributed by atoms with van der Waals surface area (Å²) in [5, 5.41) is 2.82. The molecule has 1 amide bonds. The van der Waals surface area contributed by atoms with E-state index < -0.39 is 30.1 Å². The van der Waals surface area contributed by atoms with Crippen molar-refractivity contribution in [2.75, 3.05) is 12.4 Å². The summed E-state index contributed by atoms with van der Waals surface area (Å²) in [5.74, 6) is -2.52. The van der Waals surface area contributed by atoms with Crippen LogP contribution in [0.15, 0.2) is 47.4 Å². The molecule has 0 heterocycles. The number of thioether (sulfide) groups is 1. The molecule has 27 heavy (non-hydrogen) atoms. The lowest BCUT2D eigenvalue weighted by Gasteiger charge is -2.17. The summed E-state index contributed by atoms with van der Waals surface area (Å²) in [6.45, 7) is 3.50. The molecule has 0 aliphatic carbocycles. The molecule has 2 rings (SSSR count). The summed E-state index contributed by atoms with van der Waals surface area (Å²) >= 11 is 0.816. The monoisotopic (exact) mass is 393 g/mol. The van der Waals surface area contributed by atoms with Crippen LogP contribution in [-0.4, -0.2) is 24.2 Å². The molecular weight excluding hydrogens is 372 g/mol. The minimum atomic E-state index is -0.679. The molecular formula is C20H21F2NO3S. The molecule has 0 radical (unpaired) electrons. The second-order valence-corrected chi connectivity index (χ2v) is 6.98. The minimum Gasteiger partial charge on any atom is -0.455 e. The normalized spacial score (nSPS) is 11.7. The second kappa shape index (κ2) is 10.1. The van der Waals surface area contributed by atoms with Crippen molar-refractivity contribution in [1.29, 1.82) is 0 Å². The van der Waals surface area contributed by atoms with Crippen LogP contribution in [0.2, 0.25) is 0 Å². The summed E-state index contributed by atoms with van der Waals surface area (Å²) in [6.07, 6.45) is 0.692. The molecule has 0 saturated carbocycles. The summed E-state index contributed by atoms with van der Waals surface area (Å²) in [5.41, 5.74) is 2.10. The van der Waals surface area contributed by atoms with Gasteiger partial charge in [-0.1, -0.05) is 36.8 Å². The first-order chi connectivity index (χ1) is 12.9. The molecule has 1 N–H and O–H groups in total. The van der Waals surface area contributed by atoms with Crippen molar-refractivity contribution in [3.05, 3.63) is 65.2 Å². The fraction of sp³-hybridized carbons (Fsp3) is 0.300. The summed E-state index contributed by atoms with van der Waals surface area (Å²) in [4.78, 5) is 23.8. The van der Waals surface area contributed by atoms with Crippen LogP contribution in [0.1, 0.15) is 30.5 Å². The van der Waals surface area contributed by atoms with Crippen LogP contribution in [0.5, 0.6) is 0 Å². The largest absolute Gasteiger partial charge is 0.455 e. The SMILES string of the molecule is CC[C@@H](NC(=O)COC(=O)CSc1cc(F)ccc1F)c1ccc(C)cc1. The zero-order valence-corrected chi connectivity index (χ0v) is 15.9. The summed E-state index contributed by atoms with van der Waals surface area (Å²) in [7, 11) is 0. The molecule has 2 aromatic rings. The van der Waals surface area contributed by atoms with E-state index in [9.17, 15) is 18.4 Å². The van der Waals surface area contributed by atoms with Crippen molar-refractivity contribution in [1.82, 2.24) is 5.32 Å². The number of carbonyl (C=O) groups is 2. The Morgan fingerprint density at radius 3 is 2.52 bits per heavy atom. The maximum absolute atomic E-state index is 13.5. The molecule has 0 bridgehead atoms. The number of hydrogen-bond acceptors (Lipinski definition) is 4. The lowest BCUT2D eigenvalue weighted by molar-refractivity contribution is -0.146. The minimum absolute atomic E-state index is 0.0156. The van der Waals surface area contributed by atoms with Gasteiger partial charge in [0.15, 0.2) is 6.61 Å². The number of hydrogen-bond donors (Lipinski definition) is 1. The molecule has 2 aromatic carbocycles. The highest BCUT2D eigenvalue weighted by molar-refractivity contribution is 8.00. The van der Waals surface area contributed by atoms with E-state index in [4.69, 9.17) is 4.74 Å². The number of halogens is 2. The Labute approximate surface area is 161 Å². The van der Waals surface area contributed by atoms with Gasteiger partial charge in [0.25, 0.3) is 5.91 Å². The Balaban J connectivity index is 1.79. The molecule has 0 fully saturated rings. The zero-order valence-electron chi connectivity index (χ0n) is 15.1. The van der Waals surface area contributed by atoms with Crippen LogP contribution < -0.4 is 5.32 Å². The number of carbonyl (C=O) groups excluding carboxylic acids is 2. The Morgan fingerprint density at radius 1 is 1.15 bits per heavy atom. The summed E-state index contributed by atoms with van der Waals surface area (Å²) < 4.78 is 31.5. The predicted molar refractivity (Wildman–Crippen MR) is 100 cm³/mol. The number of esters is 1. The van der Waals surface area contributed by atoms with E-state index in [2.05, 4.69) is 5.32 Å². The van der Waals surface area contributed by atoms with Crippen LogP contribution in [0, 0.1) is 18.6 Å². The Morgan fingerprint density at radius 2 is 1.85 bits per heavy atom. The molecule has 0 aliphatic heterocycles. The van der Waals surface area contributed by atoms with Gasteiger partial charge in [0, 0.05) is 4.90 Å². The molecule has 4 nitrogen and oxygen atoms in total. The number of ether oxygens (including phenoxy) is 1. The highest BCUT2D eigenvalue weighted by Crippen LogP contribution is 2.22. The average molecular weight is 393 g/mol. The lowest BCUT2D eigenvalue weighted by atomic mass is 10.0. The molecule has 7 heteroatoms. The van der Waals surface area contributed by atoms with Gasteiger partial charge in [-0.25, -0.2) is 8.78 Å². The molecule has 0 aliphatic rings. The first-order valence-corrected chi connectivity index (χ1v) is 9.47. The third-order valence-corrected chi connectivity index (χ3v) is 4.83. The highest BCUT2D eigenvalue weighted by atomic mass is 32.2. The first-order valence-electron chi connectivity index (χ1n) is 8.48. The fourth-order valence-electron chi connectivity index (χ4n) is 2.37. The van der Waals surface area contributed by atoms with Crippen LogP contribution in [0.4, 0.5) is 8.78 Å². The third-order valence-electron chi connectivity index (χ3n) is 3.83. The number of nitrogens with one attached hydrogen (secondary N) is 1. The van der Waals surface area contributed by atoms with E-state index in [1.165, 1.54) is 0 Å². The van der Waals surface area contributed by atoms with E-state index >= 15 is 0 Å². The van der Waals surface area contributed by atoms with E-state index in [0.29, 0.717) is 6.42 Å². The van der Waals surface area contributed by atoms with E-state index in [1.54, 1.807) is 0 Å². The molecule has 0 spiro atoms. The topological polar surface area (TPSA) is 55.4 Å². The van der Waals surface area contributed by atoms with Gasteiger partial charge in [-0.3, -0.25) is 9.59 Å². The van der Waals surface area contributed by atoms with Gasteiger partial charge in [-0.15, -0.1) is 11.8 Å². The van der Waals surface area contributed by atoms with Crippen molar-refractivity contribution < 1.29 is 23.1 Å². The van der Waals surface area contributed by atoms with Crippen molar-refractivity contribution in [2.24, 2.45) is 0 Å². The van der Waals surface area contributed by atoms with Crippen molar-refractivity contribution in [3.8, 4) is 0 Å². The van der Waals surface area contributed by atoms with Crippen molar-refractivity contribution >= 4 is 23.6 Å². The third kappa shape index (κ3) is 6.67. The van der Waals surface area contributed by atoms with E-state index in [-0.39, 0.29) is 16.7 Å². The van der Waals surface area contributed by atoms with Gasteiger partial charge in [0.1, 0.15) is 11.6 Å². The average Bonchev–Trinajstić information content (AvgIpc) is 2.66. The van der Waals surface area contributed by atoms with Crippen LogP contribution >= 0.6 is 11.8 Å². The highest BCUT2D eigenvalue weighted by Gasteiger charge is 2.15. The first kappa shape index (κ1) is 20.9. The molecule has 0 aromatic heterocycles. The van der Waals surface area contributed by atoms with Gasteiger partial charge >= 0.3 is 5.97 Å². The number of benzene rings is 2. The Hall–Kier alpha value is -2.41. The molecule has 0 unspecified atom stereocenters. The van der Waals surface area contributed by atoms with Gasteiger partial charge in [-0.2, -0.15) is 0 Å². The van der Waals surface area contributed by atoms with Crippen LogP contribution in [-0.2, 0) is 14.3 Å². The van der Waals surface area contributed by atoms with Gasteiger partial charge in [-0.05, 0) is 37.1 Å². The van der Waals surface area contributed by atoms with Gasteiger partial charge in [0.05, 0.1) is 11.8 Å². The Bertz CT molecular complexity index is 796. The van der Waals surface area contributed by atoms with Crippen molar-refractivity contribution in [3.63, 3.8) is 0 Å². The van der Waals surface area contributed by atoms with Crippen LogP contribution in [0.3, 0.4) is 0 Å². The number of aryl methyl sites for hydroxylation is 1. The molecule has 1 atom stereocenters. The van der Waals surface area contributed by atoms with Gasteiger partial charge < -0.3 is 10.1 Å².